The van der Waals surface area contributed by atoms with Crippen molar-refractivity contribution in [3.8, 4) is 21.9 Å². The fourth-order valence-corrected chi connectivity index (χ4v) is 7.35. The highest BCUT2D eigenvalue weighted by Gasteiger charge is 2.36. The summed E-state index contributed by atoms with van der Waals surface area (Å²) in [6, 6.07) is 18.0. The summed E-state index contributed by atoms with van der Waals surface area (Å²) in [6.45, 7) is 8.91. The number of rotatable bonds is 8. The fourth-order valence-electron chi connectivity index (χ4n) is 6.30. The number of halogens is 1. The highest BCUT2D eigenvalue weighted by Crippen LogP contribution is 2.40. The number of thiophene rings is 1. The number of fused-ring (bicyclic) bond motifs is 2. The van der Waals surface area contributed by atoms with Gasteiger partial charge in [0.15, 0.2) is 11.2 Å². The van der Waals surface area contributed by atoms with Crippen molar-refractivity contribution in [1.29, 1.82) is 0 Å². The molecule has 0 spiro atoms. The number of amides is 2. The summed E-state index contributed by atoms with van der Waals surface area (Å²) in [5, 5.41) is 18.5. The second-order valence-electron chi connectivity index (χ2n) is 14.5. The minimum absolute atomic E-state index is 0.144. The zero-order valence-corrected chi connectivity index (χ0v) is 31.1. The molecule has 278 valence electrons. The Morgan fingerprint density at radius 3 is 2.56 bits per heavy atom. The zero-order chi connectivity index (χ0) is 38.4. The second kappa shape index (κ2) is 14.1. The van der Waals surface area contributed by atoms with E-state index >= 15 is 4.39 Å². The Hall–Kier alpha value is -5.96. The Morgan fingerprint density at radius 2 is 1.80 bits per heavy atom. The maximum Gasteiger partial charge on any atom is 0.410 e. The van der Waals surface area contributed by atoms with Crippen LogP contribution in [0.4, 0.5) is 15.0 Å². The van der Waals surface area contributed by atoms with E-state index in [-0.39, 0.29) is 12.1 Å². The lowest BCUT2D eigenvalue weighted by atomic mass is 10.0. The molecule has 1 atom stereocenters. The van der Waals surface area contributed by atoms with Gasteiger partial charge in [0.2, 0.25) is 0 Å². The number of piperidine rings is 1. The molecule has 13 nitrogen and oxygen atoms in total. The molecule has 1 fully saturated rings. The summed E-state index contributed by atoms with van der Waals surface area (Å²) < 4.78 is 29.9. The van der Waals surface area contributed by atoms with Gasteiger partial charge in [0, 0.05) is 46.5 Å². The van der Waals surface area contributed by atoms with Gasteiger partial charge in [-0.2, -0.15) is 4.68 Å². The molecule has 0 saturated carbocycles. The lowest BCUT2D eigenvalue weighted by Crippen LogP contribution is -2.53. The second-order valence-corrected chi connectivity index (χ2v) is 15.6. The number of aliphatic carboxylic acids is 1. The predicted octanol–water partition coefficient (Wildman–Crippen LogP) is 7.52. The van der Waals surface area contributed by atoms with Crippen LogP contribution in [-0.2, 0) is 9.53 Å². The number of hydrogen-bond donors (Lipinski definition) is 1. The summed E-state index contributed by atoms with van der Waals surface area (Å²) >= 11 is 1.46. The molecule has 0 radical (unpaired) electrons. The van der Waals surface area contributed by atoms with E-state index in [0.29, 0.717) is 53.2 Å². The molecule has 54 heavy (non-hydrogen) atoms. The average Bonchev–Trinajstić information content (AvgIpc) is 3.77. The minimum Gasteiger partial charge on any atom is -0.478 e. The van der Waals surface area contributed by atoms with Crippen LogP contribution >= 0.6 is 11.3 Å². The SMILES string of the molecule is CC(C)(C)OC(=O)N1CCC[C@@H](N(C(=O)c2ccc(-n3nnc4cccnc43)cc2F)c2nccc3sc(-c4cccc(OC(C)(C)C(=O)O)c4)cc23)C1. The number of carbonyl (C=O) groups excluding carboxylic acids is 2. The third-order valence-corrected chi connectivity index (χ3v) is 10.1. The number of carbonyl (C=O) groups is 3. The number of hydrogen-bond acceptors (Lipinski definition) is 10. The number of carboxylic acid groups (broad SMARTS) is 1. The summed E-state index contributed by atoms with van der Waals surface area (Å²) in [7, 11) is 0. The van der Waals surface area contributed by atoms with Crippen molar-refractivity contribution in [2.24, 2.45) is 0 Å². The van der Waals surface area contributed by atoms with Gasteiger partial charge in [0.1, 0.15) is 28.5 Å². The largest absolute Gasteiger partial charge is 0.478 e. The fraction of sp³-hybridized carbons (Fsp3) is 0.308. The van der Waals surface area contributed by atoms with Crippen molar-refractivity contribution >= 4 is 56.4 Å². The molecule has 0 bridgehead atoms. The molecule has 2 aromatic carbocycles. The molecule has 5 heterocycles. The molecule has 7 rings (SSSR count). The highest BCUT2D eigenvalue weighted by atomic mass is 32.1. The van der Waals surface area contributed by atoms with Gasteiger partial charge in [-0.1, -0.05) is 17.3 Å². The molecular formula is C39H38FN7O6S. The first kappa shape index (κ1) is 36.4. The topological polar surface area (TPSA) is 153 Å². The van der Waals surface area contributed by atoms with Crippen molar-refractivity contribution in [3.63, 3.8) is 0 Å². The normalized spacial score (nSPS) is 15.0. The lowest BCUT2D eigenvalue weighted by Gasteiger charge is -2.39. The first-order valence-electron chi connectivity index (χ1n) is 17.4. The molecular weight excluding hydrogens is 714 g/mol. The number of carboxylic acids is 1. The Balaban J connectivity index is 1.29. The van der Waals surface area contributed by atoms with E-state index < -0.39 is 41.0 Å². The Bertz CT molecular complexity index is 2400. The quantitative estimate of drug-likeness (QED) is 0.165. The molecule has 4 aromatic heterocycles. The minimum atomic E-state index is -1.45. The molecule has 0 unspecified atom stereocenters. The van der Waals surface area contributed by atoms with E-state index in [1.807, 2.05) is 18.2 Å². The van der Waals surface area contributed by atoms with Crippen molar-refractivity contribution < 1.29 is 33.4 Å². The van der Waals surface area contributed by atoms with Crippen molar-refractivity contribution in [1.82, 2.24) is 29.9 Å². The third kappa shape index (κ3) is 7.31. The molecule has 6 aromatic rings. The van der Waals surface area contributed by atoms with Crippen LogP contribution in [0.15, 0.2) is 79.1 Å². The van der Waals surface area contributed by atoms with E-state index in [4.69, 9.17) is 14.5 Å². The first-order chi connectivity index (χ1) is 25.7. The van der Waals surface area contributed by atoms with Crippen LogP contribution in [0, 0.1) is 5.82 Å². The summed E-state index contributed by atoms with van der Waals surface area (Å²) in [6.07, 6.45) is 3.79. The van der Waals surface area contributed by atoms with Crippen molar-refractivity contribution in [2.45, 2.75) is 64.7 Å². The maximum atomic E-state index is 16.2. The van der Waals surface area contributed by atoms with E-state index in [0.717, 1.165) is 15.1 Å². The van der Waals surface area contributed by atoms with Crippen LogP contribution in [0.1, 0.15) is 57.8 Å². The lowest BCUT2D eigenvalue weighted by molar-refractivity contribution is -0.152. The highest BCUT2D eigenvalue weighted by molar-refractivity contribution is 7.22. The molecule has 1 aliphatic rings. The third-order valence-electron chi connectivity index (χ3n) is 8.93. The number of likely N-dealkylation sites (tertiary alicyclic amines) is 1. The zero-order valence-electron chi connectivity index (χ0n) is 30.3. The number of ether oxygens (including phenoxy) is 2. The molecule has 1 aliphatic heterocycles. The van der Waals surface area contributed by atoms with Gasteiger partial charge < -0.3 is 19.5 Å². The van der Waals surface area contributed by atoms with Gasteiger partial charge in [0.05, 0.1) is 17.3 Å². The van der Waals surface area contributed by atoms with Gasteiger partial charge in [-0.3, -0.25) is 9.69 Å². The van der Waals surface area contributed by atoms with Gasteiger partial charge in [0.25, 0.3) is 5.91 Å². The maximum absolute atomic E-state index is 16.2. The van der Waals surface area contributed by atoms with Gasteiger partial charge in [-0.25, -0.2) is 23.9 Å². The van der Waals surface area contributed by atoms with Gasteiger partial charge >= 0.3 is 12.1 Å². The summed E-state index contributed by atoms with van der Waals surface area (Å²) in [5.74, 6) is -1.81. The Kier molecular flexibility index (Phi) is 9.52. The van der Waals surface area contributed by atoms with Gasteiger partial charge in [-0.05, 0) is 102 Å². The first-order valence-corrected chi connectivity index (χ1v) is 18.2. The van der Waals surface area contributed by atoms with Crippen molar-refractivity contribution in [3.05, 3.63) is 90.5 Å². The van der Waals surface area contributed by atoms with E-state index in [1.54, 1.807) is 74.5 Å². The molecule has 15 heteroatoms. The van der Waals surface area contributed by atoms with Crippen LogP contribution < -0.4 is 9.64 Å². The number of nitrogens with zero attached hydrogens (tertiary/aromatic N) is 7. The van der Waals surface area contributed by atoms with Crippen LogP contribution in [0.3, 0.4) is 0 Å². The molecule has 2 amide bonds. The van der Waals surface area contributed by atoms with Crippen LogP contribution in [0.2, 0.25) is 0 Å². The van der Waals surface area contributed by atoms with Crippen LogP contribution in [0.25, 0.3) is 37.4 Å². The van der Waals surface area contributed by atoms with Crippen LogP contribution in [0.5, 0.6) is 5.75 Å². The number of benzene rings is 2. The Labute approximate surface area is 314 Å². The standard InChI is InChI=1S/C39H38FN7O6S/c1-38(2,3)53-37(51)45-18-8-10-25(22-45)46(35(48)27-14-13-24(20-29(27)40)47-34-30(43-44-47)12-7-16-41-34)33-28-21-32(54-31(28)15-17-42-33)23-9-6-11-26(19-23)52-39(4,5)36(49)50/h6-7,9,11-17,19-21,25H,8,10,18,22H2,1-5H3,(H,49,50)/t25-/m1/s1. The average molecular weight is 752 g/mol. The summed E-state index contributed by atoms with van der Waals surface area (Å²) in [4.78, 5) is 52.6. The number of aromatic nitrogens is 5. The monoisotopic (exact) mass is 751 g/mol. The van der Waals surface area contributed by atoms with E-state index in [9.17, 15) is 19.5 Å². The number of anilines is 1. The van der Waals surface area contributed by atoms with Gasteiger partial charge in [-0.15, -0.1) is 16.4 Å². The molecule has 0 aliphatic carbocycles. The predicted molar refractivity (Wildman–Crippen MR) is 202 cm³/mol. The van der Waals surface area contributed by atoms with E-state index in [1.165, 1.54) is 46.9 Å². The van der Waals surface area contributed by atoms with E-state index in [2.05, 4.69) is 15.3 Å². The van der Waals surface area contributed by atoms with Crippen LogP contribution in [-0.4, -0.2) is 83.3 Å². The smallest absolute Gasteiger partial charge is 0.410 e. The number of pyridine rings is 2. The molecule has 1 saturated heterocycles. The summed E-state index contributed by atoms with van der Waals surface area (Å²) in [5.41, 5.74) is -0.276. The molecule has 1 N–H and O–H groups in total. The van der Waals surface area contributed by atoms with Crippen molar-refractivity contribution in [2.75, 3.05) is 18.0 Å². The Morgan fingerprint density at radius 1 is 0.981 bits per heavy atom.